The minimum atomic E-state index is -5.55. The monoisotopic (exact) mass is 280 g/mol. The van der Waals surface area contributed by atoms with Gasteiger partial charge >= 0.3 is 15.6 Å². The van der Waals surface area contributed by atoms with Crippen molar-refractivity contribution in [1.29, 1.82) is 0 Å². The second-order valence-electron chi connectivity index (χ2n) is 4.16. The molecule has 100 valence electrons. The maximum atomic E-state index is 12.3. The van der Waals surface area contributed by atoms with Crippen LogP contribution in [-0.2, 0) is 14.3 Å². The molecule has 0 spiro atoms. The van der Waals surface area contributed by atoms with Gasteiger partial charge in [-0.15, -0.1) is 0 Å². The molecule has 3 nitrogen and oxygen atoms in total. The largest absolute Gasteiger partial charge is 0.523 e. The lowest BCUT2D eigenvalue weighted by molar-refractivity contribution is -0.0582. The Morgan fingerprint density at radius 1 is 1.17 bits per heavy atom. The standard InChI is InChI=1S/C11H11F3O3S/c12-11(13,14)18(15,16)17-10(9-6-7-9)8-4-2-1-3-5-8/h1-5,9-10H,6-7H2. The van der Waals surface area contributed by atoms with Crippen LogP contribution in [0.4, 0.5) is 13.2 Å². The molecule has 1 fully saturated rings. The quantitative estimate of drug-likeness (QED) is 0.629. The number of benzene rings is 1. The Morgan fingerprint density at radius 3 is 2.17 bits per heavy atom. The Bertz CT molecular complexity index is 506. The molecule has 0 heterocycles. The van der Waals surface area contributed by atoms with E-state index in [-0.39, 0.29) is 5.92 Å². The highest BCUT2D eigenvalue weighted by Gasteiger charge is 2.50. The Balaban J connectivity index is 2.24. The average Bonchev–Trinajstić information content (AvgIpc) is 3.09. The smallest absolute Gasteiger partial charge is 0.255 e. The van der Waals surface area contributed by atoms with E-state index in [2.05, 4.69) is 4.18 Å². The SMILES string of the molecule is O=S(=O)(OC(c1ccccc1)C1CC1)C(F)(F)F. The summed E-state index contributed by atoms with van der Waals surface area (Å²) in [5.41, 5.74) is -4.93. The van der Waals surface area contributed by atoms with Crippen molar-refractivity contribution in [2.45, 2.75) is 24.5 Å². The fourth-order valence-electron chi connectivity index (χ4n) is 1.64. The Hall–Kier alpha value is -1.08. The van der Waals surface area contributed by atoms with Gasteiger partial charge in [0, 0.05) is 0 Å². The van der Waals surface area contributed by atoms with Gasteiger partial charge in [-0.25, -0.2) is 0 Å². The molecule has 2 rings (SSSR count). The first-order valence-corrected chi connectivity index (χ1v) is 6.76. The second-order valence-corrected chi connectivity index (χ2v) is 5.73. The fraction of sp³-hybridized carbons (Fsp3) is 0.455. The number of halogens is 3. The van der Waals surface area contributed by atoms with Crippen LogP contribution in [0.2, 0.25) is 0 Å². The van der Waals surface area contributed by atoms with Crippen LogP contribution in [0, 0.1) is 5.92 Å². The van der Waals surface area contributed by atoms with E-state index in [1.807, 2.05) is 0 Å². The summed E-state index contributed by atoms with van der Waals surface area (Å²) in [5.74, 6) is -0.162. The van der Waals surface area contributed by atoms with Gasteiger partial charge in [-0.3, -0.25) is 4.18 Å². The molecule has 1 unspecified atom stereocenters. The maximum absolute atomic E-state index is 12.3. The molecule has 1 aromatic carbocycles. The molecule has 1 saturated carbocycles. The summed E-state index contributed by atoms with van der Waals surface area (Å²) in [6.45, 7) is 0. The topological polar surface area (TPSA) is 43.4 Å². The van der Waals surface area contributed by atoms with Gasteiger partial charge in [-0.1, -0.05) is 30.3 Å². The zero-order valence-electron chi connectivity index (χ0n) is 9.22. The lowest BCUT2D eigenvalue weighted by Gasteiger charge is -2.18. The van der Waals surface area contributed by atoms with Gasteiger partial charge in [0.25, 0.3) is 0 Å². The summed E-state index contributed by atoms with van der Waals surface area (Å²) in [7, 11) is -5.55. The van der Waals surface area contributed by atoms with E-state index in [0.717, 1.165) is 0 Å². The number of hydrogen-bond acceptors (Lipinski definition) is 3. The number of rotatable bonds is 4. The summed E-state index contributed by atoms with van der Waals surface area (Å²) in [6.07, 6.45) is 0.303. The van der Waals surface area contributed by atoms with Crippen LogP contribution in [-0.4, -0.2) is 13.9 Å². The highest BCUT2D eigenvalue weighted by atomic mass is 32.2. The van der Waals surface area contributed by atoms with Gasteiger partial charge in [0.05, 0.1) is 0 Å². The highest BCUT2D eigenvalue weighted by Crippen LogP contribution is 2.45. The lowest BCUT2D eigenvalue weighted by atomic mass is 10.1. The first kappa shape index (κ1) is 13.4. The van der Waals surface area contributed by atoms with Gasteiger partial charge in [-0.05, 0) is 24.3 Å². The average molecular weight is 280 g/mol. The van der Waals surface area contributed by atoms with Crippen molar-refractivity contribution in [3.05, 3.63) is 35.9 Å². The van der Waals surface area contributed by atoms with Crippen molar-refractivity contribution in [1.82, 2.24) is 0 Å². The third-order valence-electron chi connectivity index (χ3n) is 2.69. The summed E-state index contributed by atoms with van der Waals surface area (Å²) in [6, 6.07) is 8.10. The summed E-state index contributed by atoms with van der Waals surface area (Å²) < 4.78 is 63.2. The third kappa shape index (κ3) is 2.84. The minimum absolute atomic E-state index is 0.162. The summed E-state index contributed by atoms with van der Waals surface area (Å²) in [5, 5.41) is 0. The predicted octanol–water partition coefficient (Wildman–Crippen LogP) is 3.00. The molecule has 0 radical (unpaired) electrons. The Morgan fingerprint density at radius 2 is 1.72 bits per heavy atom. The Kier molecular flexibility index (Phi) is 3.37. The van der Waals surface area contributed by atoms with Crippen molar-refractivity contribution >= 4 is 10.1 Å². The fourth-order valence-corrected chi connectivity index (χ4v) is 2.29. The van der Waals surface area contributed by atoms with Gasteiger partial charge in [0.1, 0.15) is 6.10 Å². The Labute approximate surface area is 103 Å². The number of alkyl halides is 3. The van der Waals surface area contributed by atoms with E-state index in [4.69, 9.17) is 0 Å². The zero-order valence-corrected chi connectivity index (χ0v) is 10.0. The van der Waals surface area contributed by atoms with E-state index < -0.39 is 21.7 Å². The maximum Gasteiger partial charge on any atom is 0.523 e. The molecule has 18 heavy (non-hydrogen) atoms. The molecule has 1 aliphatic carbocycles. The molecule has 7 heteroatoms. The third-order valence-corrected chi connectivity index (χ3v) is 3.72. The van der Waals surface area contributed by atoms with Crippen molar-refractivity contribution in [3.63, 3.8) is 0 Å². The summed E-state index contributed by atoms with van der Waals surface area (Å²) >= 11 is 0. The minimum Gasteiger partial charge on any atom is -0.255 e. The van der Waals surface area contributed by atoms with Crippen LogP contribution in [0.25, 0.3) is 0 Å². The molecule has 0 amide bonds. The van der Waals surface area contributed by atoms with Gasteiger partial charge in [0.2, 0.25) is 0 Å². The molecule has 0 bridgehead atoms. The summed E-state index contributed by atoms with van der Waals surface area (Å²) in [4.78, 5) is 0. The molecule has 0 saturated heterocycles. The first-order chi connectivity index (χ1) is 8.31. The normalized spacial score (nSPS) is 18.6. The molecule has 1 aromatic rings. The van der Waals surface area contributed by atoms with E-state index in [1.165, 1.54) is 0 Å². The van der Waals surface area contributed by atoms with Crippen molar-refractivity contribution in [2.75, 3.05) is 0 Å². The van der Waals surface area contributed by atoms with E-state index in [9.17, 15) is 21.6 Å². The van der Waals surface area contributed by atoms with Crippen LogP contribution in [0.15, 0.2) is 30.3 Å². The molecular weight excluding hydrogens is 269 g/mol. The van der Waals surface area contributed by atoms with Crippen LogP contribution < -0.4 is 0 Å². The predicted molar refractivity (Wildman–Crippen MR) is 58.0 cm³/mol. The molecule has 1 atom stereocenters. The van der Waals surface area contributed by atoms with Crippen molar-refractivity contribution in [2.24, 2.45) is 5.92 Å². The molecule has 0 N–H and O–H groups in total. The van der Waals surface area contributed by atoms with Crippen LogP contribution in [0.3, 0.4) is 0 Å². The van der Waals surface area contributed by atoms with E-state index in [1.54, 1.807) is 30.3 Å². The molecule has 1 aliphatic rings. The number of hydrogen-bond donors (Lipinski definition) is 0. The first-order valence-electron chi connectivity index (χ1n) is 5.36. The van der Waals surface area contributed by atoms with E-state index in [0.29, 0.717) is 18.4 Å². The molecular formula is C11H11F3O3S. The molecule has 0 aliphatic heterocycles. The van der Waals surface area contributed by atoms with Crippen molar-refractivity contribution in [3.8, 4) is 0 Å². The van der Waals surface area contributed by atoms with E-state index >= 15 is 0 Å². The van der Waals surface area contributed by atoms with Crippen LogP contribution in [0.1, 0.15) is 24.5 Å². The second kappa shape index (κ2) is 4.55. The van der Waals surface area contributed by atoms with Gasteiger partial charge < -0.3 is 0 Å². The van der Waals surface area contributed by atoms with Crippen LogP contribution >= 0.6 is 0 Å². The highest BCUT2D eigenvalue weighted by molar-refractivity contribution is 7.87. The van der Waals surface area contributed by atoms with Crippen LogP contribution in [0.5, 0.6) is 0 Å². The lowest BCUT2D eigenvalue weighted by Crippen LogP contribution is -2.27. The van der Waals surface area contributed by atoms with Gasteiger partial charge in [-0.2, -0.15) is 21.6 Å². The zero-order chi connectivity index (χ0) is 13.4. The van der Waals surface area contributed by atoms with Crippen molar-refractivity contribution < 1.29 is 25.8 Å². The molecule has 0 aromatic heterocycles. The van der Waals surface area contributed by atoms with Gasteiger partial charge in [0.15, 0.2) is 0 Å².